The Morgan fingerprint density at radius 3 is 2.79 bits per heavy atom. The van der Waals surface area contributed by atoms with Crippen molar-refractivity contribution in [3.05, 3.63) is 45.6 Å². The number of halogens is 1. The fraction of sp³-hybridized carbons (Fsp3) is 0.250. The highest BCUT2D eigenvalue weighted by Crippen LogP contribution is 2.20. The molecular formula is C16H13FN2O5. The number of carbonyl (C=O) groups excluding carboxylic acids is 3. The molecule has 2 heterocycles. The molecule has 1 fully saturated rings. The number of benzene rings is 1. The SMILES string of the molecule is Cc1c(C(=O)NC2CCC(=O)NC2=O)c(=O)oc2ccc(F)cc12. The fourth-order valence-corrected chi connectivity index (χ4v) is 2.65. The molecule has 1 saturated heterocycles. The summed E-state index contributed by atoms with van der Waals surface area (Å²) in [6, 6.07) is 2.70. The van der Waals surface area contributed by atoms with Crippen molar-refractivity contribution in [3.8, 4) is 0 Å². The van der Waals surface area contributed by atoms with Gasteiger partial charge in [-0.05, 0) is 37.1 Å². The van der Waals surface area contributed by atoms with E-state index in [2.05, 4.69) is 10.6 Å². The molecule has 0 radical (unpaired) electrons. The number of imide groups is 1. The minimum atomic E-state index is -0.919. The Morgan fingerprint density at radius 2 is 2.08 bits per heavy atom. The zero-order valence-corrected chi connectivity index (χ0v) is 12.6. The molecule has 0 aliphatic carbocycles. The van der Waals surface area contributed by atoms with E-state index in [0.717, 1.165) is 12.1 Å². The van der Waals surface area contributed by atoms with E-state index in [1.54, 1.807) is 0 Å². The van der Waals surface area contributed by atoms with Gasteiger partial charge in [0.15, 0.2) is 0 Å². The first-order valence-electron chi connectivity index (χ1n) is 7.24. The van der Waals surface area contributed by atoms with Crippen molar-refractivity contribution in [2.45, 2.75) is 25.8 Å². The predicted octanol–water partition coefficient (Wildman–Crippen LogP) is 0.776. The number of fused-ring (bicyclic) bond motifs is 1. The molecule has 1 aliphatic heterocycles. The van der Waals surface area contributed by atoms with Crippen LogP contribution in [0.15, 0.2) is 27.4 Å². The van der Waals surface area contributed by atoms with Gasteiger partial charge in [-0.15, -0.1) is 0 Å². The molecule has 1 aromatic carbocycles. The number of carbonyl (C=O) groups is 3. The maximum absolute atomic E-state index is 13.4. The summed E-state index contributed by atoms with van der Waals surface area (Å²) in [5, 5.41) is 4.81. The quantitative estimate of drug-likeness (QED) is 0.624. The third-order valence-corrected chi connectivity index (χ3v) is 3.90. The smallest absolute Gasteiger partial charge is 0.349 e. The first kappa shape index (κ1) is 15.9. The lowest BCUT2D eigenvalue weighted by atomic mass is 10.0. The lowest BCUT2D eigenvalue weighted by molar-refractivity contribution is -0.134. The van der Waals surface area contributed by atoms with E-state index in [-0.39, 0.29) is 29.6 Å². The molecule has 0 spiro atoms. The number of piperidine rings is 1. The molecule has 0 saturated carbocycles. The zero-order chi connectivity index (χ0) is 17.4. The van der Waals surface area contributed by atoms with Crippen molar-refractivity contribution < 1.29 is 23.2 Å². The molecule has 2 N–H and O–H groups in total. The van der Waals surface area contributed by atoms with Gasteiger partial charge in [-0.25, -0.2) is 9.18 Å². The van der Waals surface area contributed by atoms with E-state index < -0.39 is 35.2 Å². The van der Waals surface area contributed by atoms with Crippen LogP contribution in [0.25, 0.3) is 11.0 Å². The summed E-state index contributed by atoms with van der Waals surface area (Å²) in [5.74, 6) is -2.38. The fourth-order valence-electron chi connectivity index (χ4n) is 2.65. The molecule has 1 aromatic heterocycles. The molecule has 2 aromatic rings. The number of hydrogen-bond acceptors (Lipinski definition) is 5. The number of rotatable bonds is 2. The molecule has 24 heavy (non-hydrogen) atoms. The highest BCUT2D eigenvalue weighted by atomic mass is 19.1. The van der Waals surface area contributed by atoms with Gasteiger partial charge < -0.3 is 9.73 Å². The van der Waals surface area contributed by atoms with Gasteiger partial charge in [0.25, 0.3) is 5.91 Å². The van der Waals surface area contributed by atoms with Gasteiger partial charge in [0, 0.05) is 11.8 Å². The van der Waals surface area contributed by atoms with Crippen molar-refractivity contribution >= 4 is 28.7 Å². The number of aryl methyl sites for hydroxylation is 1. The van der Waals surface area contributed by atoms with Gasteiger partial charge >= 0.3 is 5.63 Å². The van der Waals surface area contributed by atoms with Crippen LogP contribution < -0.4 is 16.3 Å². The van der Waals surface area contributed by atoms with Crippen LogP contribution in [0.1, 0.15) is 28.8 Å². The van der Waals surface area contributed by atoms with Crippen LogP contribution in [-0.2, 0) is 9.59 Å². The average molecular weight is 332 g/mol. The van der Waals surface area contributed by atoms with Crippen LogP contribution in [0, 0.1) is 12.7 Å². The molecular weight excluding hydrogens is 319 g/mol. The van der Waals surface area contributed by atoms with E-state index in [0.29, 0.717) is 5.39 Å². The molecule has 124 valence electrons. The lowest BCUT2D eigenvalue weighted by Crippen LogP contribution is -2.52. The van der Waals surface area contributed by atoms with Crippen molar-refractivity contribution in [1.29, 1.82) is 0 Å². The standard InChI is InChI=1S/C16H13FN2O5/c1-7-9-6-8(17)2-4-11(9)24-16(23)13(7)15(22)18-10-3-5-12(20)19-14(10)21/h2,4,6,10H,3,5H2,1H3,(H,18,22)(H,19,20,21). The summed E-state index contributed by atoms with van der Waals surface area (Å²) in [6.45, 7) is 1.50. The Bertz CT molecular complexity index is 934. The first-order valence-corrected chi connectivity index (χ1v) is 7.24. The van der Waals surface area contributed by atoms with Gasteiger partial charge in [-0.1, -0.05) is 0 Å². The number of nitrogens with one attached hydrogen (secondary N) is 2. The molecule has 1 atom stereocenters. The van der Waals surface area contributed by atoms with Crippen LogP contribution in [0.3, 0.4) is 0 Å². The van der Waals surface area contributed by atoms with E-state index in [4.69, 9.17) is 4.42 Å². The van der Waals surface area contributed by atoms with Crippen LogP contribution in [0.2, 0.25) is 0 Å². The molecule has 1 aliphatic rings. The Kier molecular flexibility index (Phi) is 3.88. The van der Waals surface area contributed by atoms with Crippen LogP contribution in [0.5, 0.6) is 0 Å². The summed E-state index contributed by atoms with van der Waals surface area (Å²) >= 11 is 0. The van der Waals surface area contributed by atoms with E-state index in [9.17, 15) is 23.6 Å². The van der Waals surface area contributed by atoms with Crippen molar-refractivity contribution in [2.75, 3.05) is 0 Å². The Labute approximate surface area is 134 Å². The minimum Gasteiger partial charge on any atom is -0.422 e. The monoisotopic (exact) mass is 332 g/mol. The summed E-state index contributed by atoms with van der Waals surface area (Å²) in [4.78, 5) is 47.3. The first-order chi connectivity index (χ1) is 11.4. The van der Waals surface area contributed by atoms with Crippen molar-refractivity contribution in [2.24, 2.45) is 0 Å². The topological polar surface area (TPSA) is 105 Å². The maximum atomic E-state index is 13.4. The Hall–Kier alpha value is -3.03. The van der Waals surface area contributed by atoms with Gasteiger partial charge in [0.05, 0.1) is 0 Å². The average Bonchev–Trinajstić information content (AvgIpc) is 2.51. The molecule has 8 heteroatoms. The molecule has 3 rings (SSSR count). The number of hydrogen-bond donors (Lipinski definition) is 2. The molecule has 3 amide bonds. The summed E-state index contributed by atoms with van der Waals surface area (Å²) in [7, 11) is 0. The van der Waals surface area contributed by atoms with E-state index >= 15 is 0 Å². The van der Waals surface area contributed by atoms with Crippen molar-refractivity contribution in [3.63, 3.8) is 0 Å². The van der Waals surface area contributed by atoms with E-state index in [1.807, 2.05) is 0 Å². The maximum Gasteiger partial charge on any atom is 0.349 e. The van der Waals surface area contributed by atoms with Gasteiger partial charge in [0.2, 0.25) is 11.8 Å². The van der Waals surface area contributed by atoms with Crippen LogP contribution >= 0.6 is 0 Å². The molecule has 0 bridgehead atoms. The Morgan fingerprint density at radius 1 is 1.33 bits per heavy atom. The summed E-state index contributed by atoms with van der Waals surface area (Å²) < 4.78 is 18.5. The van der Waals surface area contributed by atoms with E-state index in [1.165, 1.54) is 13.0 Å². The van der Waals surface area contributed by atoms with Crippen LogP contribution in [0.4, 0.5) is 4.39 Å². The highest BCUT2D eigenvalue weighted by molar-refractivity contribution is 6.05. The minimum absolute atomic E-state index is 0.0905. The third-order valence-electron chi connectivity index (χ3n) is 3.90. The normalized spacial score (nSPS) is 17.7. The third kappa shape index (κ3) is 2.78. The van der Waals surface area contributed by atoms with Gasteiger partial charge in [-0.3, -0.25) is 19.7 Å². The number of amides is 3. The summed E-state index contributed by atoms with van der Waals surface area (Å²) in [5.41, 5.74) is -0.754. The lowest BCUT2D eigenvalue weighted by Gasteiger charge is -2.21. The second-order valence-electron chi connectivity index (χ2n) is 5.51. The second kappa shape index (κ2) is 5.88. The summed E-state index contributed by atoms with van der Waals surface area (Å²) in [6.07, 6.45) is 0.232. The van der Waals surface area contributed by atoms with Crippen molar-refractivity contribution in [1.82, 2.24) is 10.6 Å². The zero-order valence-electron chi connectivity index (χ0n) is 12.6. The Balaban J connectivity index is 1.96. The van der Waals surface area contributed by atoms with Gasteiger partial charge in [0.1, 0.15) is 23.0 Å². The molecule has 1 unspecified atom stereocenters. The molecule has 7 nitrogen and oxygen atoms in total. The largest absolute Gasteiger partial charge is 0.422 e. The predicted molar refractivity (Wildman–Crippen MR) is 80.8 cm³/mol. The second-order valence-corrected chi connectivity index (χ2v) is 5.51. The highest BCUT2D eigenvalue weighted by Gasteiger charge is 2.29. The van der Waals surface area contributed by atoms with Crippen LogP contribution in [-0.4, -0.2) is 23.8 Å². The van der Waals surface area contributed by atoms with Gasteiger partial charge in [-0.2, -0.15) is 0 Å².